The molecule has 0 unspecified atom stereocenters. The summed E-state index contributed by atoms with van der Waals surface area (Å²) in [5, 5.41) is 0. The molecule has 0 amide bonds. The quantitative estimate of drug-likeness (QED) is 0.833. The zero-order chi connectivity index (χ0) is 15.6. The van der Waals surface area contributed by atoms with E-state index in [2.05, 4.69) is 0 Å². The van der Waals surface area contributed by atoms with Gasteiger partial charge < -0.3 is 20.9 Å². The van der Waals surface area contributed by atoms with Crippen LogP contribution in [0.15, 0.2) is 46.2 Å². The first kappa shape index (κ1) is 15.0. The van der Waals surface area contributed by atoms with E-state index in [1.165, 1.54) is 38.5 Å². The molecule has 7 heteroatoms. The maximum atomic E-state index is 12.7. The normalized spacial score (nSPS) is 11.1. The standard InChI is InChI=1S/C14H16N2O4S/c1-19-9-6-10(20-2)8-11(7-9)21(17,18)14-12(15)4-3-5-13(14)16/h3-8H,15-16H2,1-2H3. The second-order valence-corrected chi connectivity index (χ2v) is 6.20. The molecule has 0 heterocycles. The molecule has 4 N–H and O–H groups in total. The van der Waals surface area contributed by atoms with E-state index in [1.54, 1.807) is 12.1 Å². The molecule has 0 bridgehead atoms. The lowest BCUT2D eigenvalue weighted by Gasteiger charge is -2.12. The maximum absolute atomic E-state index is 12.7. The lowest BCUT2D eigenvalue weighted by Crippen LogP contribution is -2.09. The van der Waals surface area contributed by atoms with Crippen LogP contribution in [0.4, 0.5) is 11.4 Å². The van der Waals surface area contributed by atoms with Crippen molar-refractivity contribution in [2.75, 3.05) is 25.7 Å². The van der Waals surface area contributed by atoms with E-state index in [-0.39, 0.29) is 21.2 Å². The van der Waals surface area contributed by atoms with Crippen LogP contribution >= 0.6 is 0 Å². The number of anilines is 2. The van der Waals surface area contributed by atoms with Crippen LogP contribution in [0.5, 0.6) is 11.5 Å². The summed E-state index contributed by atoms with van der Waals surface area (Å²) in [7, 11) is -0.994. The molecule has 2 aromatic carbocycles. The molecule has 2 rings (SSSR count). The number of hydrogen-bond acceptors (Lipinski definition) is 6. The molecule has 0 fully saturated rings. The van der Waals surface area contributed by atoms with Crippen molar-refractivity contribution in [2.24, 2.45) is 0 Å². The van der Waals surface area contributed by atoms with Gasteiger partial charge in [0.15, 0.2) is 0 Å². The van der Waals surface area contributed by atoms with Crippen molar-refractivity contribution >= 4 is 21.2 Å². The zero-order valence-electron chi connectivity index (χ0n) is 11.7. The molecule has 0 aromatic heterocycles. The van der Waals surface area contributed by atoms with Crippen LogP contribution in [0.1, 0.15) is 0 Å². The molecular formula is C14H16N2O4S. The fourth-order valence-electron chi connectivity index (χ4n) is 1.94. The largest absolute Gasteiger partial charge is 0.497 e. The van der Waals surface area contributed by atoms with E-state index < -0.39 is 9.84 Å². The highest BCUT2D eigenvalue weighted by atomic mass is 32.2. The fourth-order valence-corrected chi connectivity index (χ4v) is 3.47. The highest BCUT2D eigenvalue weighted by Crippen LogP contribution is 2.34. The number of benzene rings is 2. The van der Waals surface area contributed by atoms with Gasteiger partial charge in [0.05, 0.1) is 30.5 Å². The smallest absolute Gasteiger partial charge is 0.210 e. The predicted octanol–water partition coefficient (Wildman–Crippen LogP) is 1.70. The summed E-state index contributed by atoms with van der Waals surface area (Å²) in [5.74, 6) is 0.724. The Balaban J connectivity index is 2.70. The lowest BCUT2D eigenvalue weighted by molar-refractivity contribution is 0.392. The van der Waals surface area contributed by atoms with Crippen molar-refractivity contribution < 1.29 is 17.9 Å². The Kier molecular flexibility index (Phi) is 3.95. The van der Waals surface area contributed by atoms with Gasteiger partial charge in [-0.2, -0.15) is 0 Å². The Hall–Kier alpha value is -2.41. The van der Waals surface area contributed by atoms with Crippen LogP contribution in [0.25, 0.3) is 0 Å². The molecule has 0 spiro atoms. The summed E-state index contributed by atoms with van der Waals surface area (Å²) >= 11 is 0. The van der Waals surface area contributed by atoms with Crippen molar-refractivity contribution in [2.45, 2.75) is 9.79 Å². The van der Waals surface area contributed by atoms with E-state index in [4.69, 9.17) is 20.9 Å². The van der Waals surface area contributed by atoms with Gasteiger partial charge >= 0.3 is 0 Å². The molecular weight excluding hydrogens is 292 g/mol. The second kappa shape index (κ2) is 5.53. The monoisotopic (exact) mass is 308 g/mol. The van der Waals surface area contributed by atoms with Gasteiger partial charge in [-0.25, -0.2) is 8.42 Å². The Morgan fingerprint density at radius 1 is 0.905 bits per heavy atom. The minimum absolute atomic E-state index is 0.00306. The number of methoxy groups -OCH3 is 2. The first-order valence-corrected chi connectivity index (χ1v) is 7.50. The zero-order valence-corrected chi connectivity index (χ0v) is 12.5. The molecule has 0 radical (unpaired) electrons. The van der Waals surface area contributed by atoms with Crippen LogP contribution in [0.2, 0.25) is 0 Å². The third-order valence-electron chi connectivity index (χ3n) is 2.98. The van der Waals surface area contributed by atoms with Gasteiger partial charge in [-0.1, -0.05) is 6.07 Å². The first-order valence-electron chi connectivity index (χ1n) is 6.02. The molecule has 21 heavy (non-hydrogen) atoms. The van der Waals surface area contributed by atoms with Crippen LogP contribution in [0, 0.1) is 0 Å². The summed E-state index contributed by atoms with van der Waals surface area (Å²) in [4.78, 5) is -0.108. The molecule has 6 nitrogen and oxygen atoms in total. The molecule has 0 atom stereocenters. The van der Waals surface area contributed by atoms with Crippen LogP contribution in [0.3, 0.4) is 0 Å². The number of ether oxygens (including phenoxy) is 2. The average molecular weight is 308 g/mol. The van der Waals surface area contributed by atoms with Crippen molar-refractivity contribution in [3.8, 4) is 11.5 Å². The van der Waals surface area contributed by atoms with Crippen LogP contribution in [-0.2, 0) is 9.84 Å². The average Bonchev–Trinajstić information content (AvgIpc) is 2.46. The van der Waals surface area contributed by atoms with Crippen LogP contribution < -0.4 is 20.9 Å². The number of hydrogen-bond donors (Lipinski definition) is 2. The molecule has 0 aliphatic rings. The van der Waals surface area contributed by atoms with Gasteiger partial charge in [0.1, 0.15) is 16.4 Å². The Morgan fingerprint density at radius 2 is 1.38 bits per heavy atom. The summed E-state index contributed by atoms with van der Waals surface area (Å²) in [5.41, 5.74) is 11.7. The van der Waals surface area contributed by atoms with E-state index >= 15 is 0 Å². The Labute approximate surface area is 123 Å². The highest BCUT2D eigenvalue weighted by molar-refractivity contribution is 7.91. The van der Waals surface area contributed by atoms with E-state index in [1.807, 2.05) is 0 Å². The third-order valence-corrected chi connectivity index (χ3v) is 4.85. The van der Waals surface area contributed by atoms with Gasteiger partial charge in [0, 0.05) is 6.07 Å². The van der Waals surface area contributed by atoms with E-state index in [9.17, 15) is 8.42 Å². The summed E-state index contributed by atoms with van der Waals surface area (Å²) in [6.07, 6.45) is 0. The van der Waals surface area contributed by atoms with E-state index in [0.717, 1.165) is 0 Å². The minimum Gasteiger partial charge on any atom is -0.497 e. The molecule has 0 aliphatic heterocycles. The highest BCUT2D eigenvalue weighted by Gasteiger charge is 2.24. The first-order chi connectivity index (χ1) is 9.90. The molecule has 2 aromatic rings. The van der Waals surface area contributed by atoms with E-state index in [0.29, 0.717) is 11.5 Å². The SMILES string of the molecule is COc1cc(OC)cc(S(=O)(=O)c2c(N)cccc2N)c1. The summed E-state index contributed by atoms with van der Waals surface area (Å²) < 4.78 is 35.6. The molecule has 0 saturated heterocycles. The predicted molar refractivity (Wildman–Crippen MR) is 80.3 cm³/mol. The van der Waals surface area contributed by atoms with Gasteiger partial charge in [-0.3, -0.25) is 0 Å². The lowest BCUT2D eigenvalue weighted by atomic mass is 10.3. The molecule has 0 aliphatic carbocycles. The Bertz CT molecular complexity index is 730. The van der Waals surface area contributed by atoms with Gasteiger partial charge in [-0.05, 0) is 24.3 Å². The van der Waals surface area contributed by atoms with Crippen molar-refractivity contribution in [1.82, 2.24) is 0 Å². The topological polar surface area (TPSA) is 105 Å². The van der Waals surface area contributed by atoms with Crippen molar-refractivity contribution in [3.63, 3.8) is 0 Å². The van der Waals surface area contributed by atoms with Crippen molar-refractivity contribution in [3.05, 3.63) is 36.4 Å². The molecule has 0 saturated carbocycles. The number of rotatable bonds is 4. The second-order valence-electron chi connectivity index (χ2n) is 4.32. The Morgan fingerprint density at radius 3 is 1.81 bits per heavy atom. The van der Waals surface area contributed by atoms with Gasteiger partial charge in [-0.15, -0.1) is 0 Å². The number of sulfone groups is 1. The summed E-state index contributed by atoms with van der Waals surface area (Å²) in [6, 6.07) is 8.93. The molecule has 112 valence electrons. The summed E-state index contributed by atoms with van der Waals surface area (Å²) in [6.45, 7) is 0. The number of nitrogens with two attached hydrogens (primary N) is 2. The van der Waals surface area contributed by atoms with Crippen molar-refractivity contribution in [1.29, 1.82) is 0 Å². The van der Waals surface area contributed by atoms with Gasteiger partial charge in [0.2, 0.25) is 9.84 Å². The maximum Gasteiger partial charge on any atom is 0.210 e. The van der Waals surface area contributed by atoms with Gasteiger partial charge in [0.25, 0.3) is 0 Å². The minimum atomic E-state index is -3.88. The number of nitrogen functional groups attached to an aromatic ring is 2. The fraction of sp³-hybridized carbons (Fsp3) is 0.143. The third kappa shape index (κ3) is 2.73. The van der Waals surface area contributed by atoms with Crippen LogP contribution in [-0.4, -0.2) is 22.6 Å².